The Kier molecular flexibility index (Phi) is 7.51. The summed E-state index contributed by atoms with van der Waals surface area (Å²) in [5.41, 5.74) is 13.7. The Balaban J connectivity index is 1.63. The lowest BCUT2D eigenvalue weighted by Gasteiger charge is -2.35. The molecule has 4 N–H and O–H groups in total. The van der Waals surface area contributed by atoms with Gasteiger partial charge >= 0.3 is 0 Å². The van der Waals surface area contributed by atoms with Crippen LogP contribution < -0.4 is 20.9 Å². The van der Waals surface area contributed by atoms with Crippen LogP contribution in [0.25, 0.3) is 22.3 Å². The van der Waals surface area contributed by atoms with Crippen LogP contribution in [0.3, 0.4) is 0 Å². The number of ether oxygens (including phenoxy) is 4. The Morgan fingerprint density at radius 1 is 0.737 bits per heavy atom. The summed E-state index contributed by atoms with van der Waals surface area (Å²) in [4.78, 5) is 35.4. The normalized spacial score (nSPS) is 15.1. The minimum absolute atomic E-state index is 0.0428. The number of nitrogens with two attached hydrogens (primary N) is 2. The van der Waals surface area contributed by atoms with Crippen LogP contribution in [-0.4, -0.2) is 66.3 Å². The lowest BCUT2D eigenvalue weighted by atomic mass is 10.1. The van der Waals surface area contributed by atoms with E-state index in [4.69, 9.17) is 40.4 Å². The van der Waals surface area contributed by atoms with E-state index in [1.807, 2.05) is 0 Å². The molecule has 5 heterocycles. The average molecular weight is 523 g/mol. The van der Waals surface area contributed by atoms with Crippen molar-refractivity contribution in [2.45, 2.75) is 51.7 Å². The Hall–Kier alpha value is -4.04. The summed E-state index contributed by atoms with van der Waals surface area (Å²) < 4.78 is 24.2. The molecule has 1 aliphatic heterocycles. The summed E-state index contributed by atoms with van der Waals surface area (Å²) in [5.74, 6) is -0.949. The van der Waals surface area contributed by atoms with Crippen LogP contribution in [0.1, 0.15) is 57.3 Å². The number of hydrogen-bond acceptors (Lipinski definition) is 14. The number of rotatable bonds is 10. The van der Waals surface area contributed by atoms with Crippen LogP contribution in [0.4, 0.5) is 11.9 Å². The molecule has 0 radical (unpaired) electrons. The van der Waals surface area contributed by atoms with Gasteiger partial charge in [0.1, 0.15) is 11.4 Å². The third-order valence-corrected chi connectivity index (χ3v) is 5.83. The van der Waals surface area contributed by atoms with E-state index in [2.05, 4.69) is 43.8 Å². The first-order valence-corrected chi connectivity index (χ1v) is 12.7. The summed E-state index contributed by atoms with van der Waals surface area (Å²) in [7, 11) is 0. The molecule has 0 unspecified atom stereocenters. The quantitative estimate of drug-likeness (QED) is 0.288. The average Bonchev–Trinajstić information content (AvgIpc) is 2.93. The fourth-order valence-electron chi connectivity index (χ4n) is 3.90. The monoisotopic (exact) mass is 522 g/mol. The van der Waals surface area contributed by atoms with Gasteiger partial charge in [0.15, 0.2) is 22.3 Å². The van der Waals surface area contributed by atoms with Crippen molar-refractivity contribution in [1.82, 2.24) is 39.9 Å². The molecular weight excluding hydrogens is 492 g/mol. The highest BCUT2D eigenvalue weighted by molar-refractivity contribution is 5.77. The summed E-state index contributed by atoms with van der Waals surface area (Å²) >= 11 is 0. The first-order chi connectivity index (χ1) is 18.5. The number of aromatic nitrogens is 8. The SMILES string of the molecule is CCCCOc1nc(N)nc2ncc(C3(c4cnc5nc(N)nc(OCCCC)c5n4)OCCCO3)nc12. The lowest BCUT2D eigenvalue weighted by Crippen LogP contribution is -2.41. The minimum Gasteiger partial charge on any atom is -0.476 e. The molecule has 0 saturated carbocycles. The van der Waals surface area contributed by atoms with E-state index in [-0.39, 0.29) is 23.7 Å². The number of fused-ring (bicyclic) bond motifs is 2. The molecular formula is C24H30N10O4. The maximum absolute atomic E-state index is 6.22. The predicted octanol–water partition coefficient (Wildman–Crippen LogP) is 2.31. The second kappa shape index (κ2) is 11.1. The zero-order valence-corrected chi connectivity index (χ0v) is 21.4. The van der Waals surface area contributed by atoms with Crippen molar-refractivity contribution in [2.75, 3.05) is 37.9 Å². The second-order valence-electron chi connectivity index (χ2n) is 8.70. The largest absolute Gasteiger partial charge is 0.476 e. The van der Waals surface area contributed by atoms with Gasteiger partial charge in [-0.1, -0.05) is 26.7 Å². The van der Waals surface area contributed by atoms with Crippen LogP contribution in [0.2, 0.25) is 0 Å². The molecule has 1 saturated heterocycles. The second-order valence-corrected chi connectivity index (χ2v) is 8.70. The van der Waals surface area contributed by atoms with Crippen LogP contribution in [0.15, 0.2) is 12.4 Å². The molecule has 38 heavy (non-hydrogen) atoms. The van der Waals surface area contributed by atoms with Gasteiger partial charge < -0.3 is 30.4 Å². The van der Waals surface area contributed by atoms with Gasteiger partial charge in [-0.25, -0.2) is 19.9 Å². The molecule has 5 rings (SSSR count). The van der Waals surface area contributed by atoms with Gasteiger partial charge in [-0.15, -0.1) is 0 Å². The number of hydrogen-bond donors (Lipinski definition) is 2. The zero-order valence-electron chi connectivity index (χ0n) is 21.4. The summed E-state index contributed by atoms with van der Waals surface area (Å²) in [6.07, 6.45) is 7.33. The van der Waals surface area contributed by atoms with Crippen molar-refractivity contribution in [3.63, 3.8) is 0 Å². The fraction of sp³-hybridized carbons (Fsp3) is 0.500. The number of anilines is 2. The molecule has 14 heteroatoms. The summed E-state index contributed by atoms with van der Waals surface area (Å²) in [6.45, 7) is 5.84. The first-order valence-electron chi connectivity index (χ1n) is 12.7. The van der Waals surface area contributed by atoms with Crippen LogP contribution in [0.5, 0.6) is 11.8 Å². The van der Waals surface area contributed by atoms with E-state index in [0.29, 0.717) is 66.6 Å². The van der Waals surface area contributed by atoms with Crippen LogP contribution in [0, 0.1) is 0 Å². The van der Waals surface area contributed by atoms with Gasteiger partial charge in [0, 0.05) is 0 Å². The summed E-state index contributed by atoms with van der Waals surface area (Å²) in [5, 5.41) is 0. The molecule has 1 aliphatic rings. The third-order valence-electron chi connectivity index (χ3n) is 5.83. The van der Waals surface area contributed by atoms with Crippen molar-refractivity contribution < 1.29 is 18.9 Å². The lowest BCUT2D eigenvalue weighted by molar-refractivity contribution is -0.253. The number of unbranched alkanes of at least 4 members (excludes halogenated alkanes) is 2. The standard InChI is InChI=1S/C24H30N10O4/c1-3-5-8-35-20-16-18(31-22(25)33-20)27-12-14(29-16)24(37-10-7-11-38-24)15-13-28-19-17(30-15)21(34-23(26)32-19)36-9-6-4-2/h12-13H,3-11H2,1-2H3,(H2,25,27,31,33)(H2,26,28,32,34). The van der Waals surface area contributed by atoms with Gasteiger partial charge in [-0.3, -0.25) is 0 Å². The van der Waals surface area contributed by atoms with Crippen molar-refractivity contribution in [3.8, 4) is 11.8 Å². The van der Waals surface area contributed by atoms with Crippen molar-refractivity contribution >= 4 is 34.2 Å². The van der Waals surface area contributed by atoms with E-state index in [1.165, 1.54) is 12.4 Å². The fourth-order valence-corrected chi connectivity index (χ4v) is 3.90. The molecule has 4 aromatic rings. The van der Waals surface area contributed by atoms with E-state index in [0.717, 1.165) is 25.7 Å². The van der Waals surface area contributed by atoms with Crippen LogP contribution >= 0.6 is 0 Å². The summed E-state index contributed by atoms with van der Waals surface area (Å²) in [6, 6.07) is 0. The van der Waals surface area contributed by atoms with Gasteiger partial charge in [0.25, 0.3) is 5.79 Å². The van der Waals surface area contributed by atoms with E-state index >= 15 is 0 Å². The Morgan fingerprint density at radius 2 is 1.21 bits per heavy atom. The van der Waals surface area contributed by atoms with Gasteiger partial charge in [0.2, 0.25) is 23.7 Å². The van der Waals surface area contributed by atoms with Gasteiger partial charge in [0.05, 0.1) is 38.8 Å². The Labute approximate surface area is 218 Å². The molecule has 4 aromatic heterocycles. The number of nitrogens with zero attached hydrogens (tertiary/aromatic N) is 8. The van der Waals surface area contributed by atoms with Crippen LogP contribution in [-0.2, 0) is 15.3 Å². The van der Waals surface area contributed by atoms with Gasteiger partial charge in [-0.05, 0) is 19.3 Å². The number of nitrogen functional groups attached to an aromatic ring is 2. The van der Waals surface area contributed by atoms with E-state index < -0.39 is 5.79 Å². The van der Waals surface area contributed by atoms with Crippen molar-refractivity contribution in [2.24, 2.45) is 0 Å². The topological polar surface area (TPSA) is 192 Å². The van der Waals surface area contributed by atoms with Crippen molar-refractivity contribution in [3.05, 3.63) is 23.8 Å². The van der Waals surface area contributed by atoms with Gasteiger partial charge in [-0.2, -0.15) is 19.9 Å². The molecule has 0 amide bonds. The Bertz CT molecular complexity index is 1330. The maximum Gasteiger partial charge on any atom is 0.260 e. The third kappa shape index (κ3) is 5.04. The van der Waals surface area contributed by atoms with Crippen molar-refractivity contribution in [1.29, 1.82) is 0 Å². The smallest absolute Gasteiger partial charge is 0.260 e. The minimum atomic E-state index is -1.51. The molecule has 200 valence electrons. The zero-order chi connectivity index (χ0) is 26.5. The molecule has 0 spiro atoms. The molecule has 14 nitrogen and oxygen atoms in total. The molecule has 0 aromatic carbocycles. The van der Waals surface area contributed by atoms with E-state index in [9.17, 15) is 0 Å². The highest BCUT2D eigenvalue weighted by Crippen LogP contribution is 2.37. The maximum atomic E-state index is 6.22. The molecule has 0 aliphatic carbocycles. The molecule has 1 fully saturated rings. The van der Waals surface area contributed by atoms with E-state index in [1.54, 1.807) is 0 Å². The highest BCUT2D eigenvalue weighted by Gasteiger charge is 2.43. The first kappa shape index (κ1) is 25.6. The molecule has 0 atom stereocenters. The molecule has 0 bridgehead atoms. The predicted molar refractivity (Wildman–Crippen MR) is 137 cm³/mol. The Morgan fingerprint density at radius 3 is 1.66 bits per heavy atom. The highest BCUT2D eigenvalue weighted by atomic mass is 16.7.